The Morgan fingerprint density at radius 3 is 2.81 bits per heavy atom. The average Bonchev–Trinajstić information content (AvgIpc) is 2.73. The zero-order valence-electron chi connectivity index (χ0n) is 8.18. The van der Waals surface area contributed by atoms with Crippen LogP contribution in [0.3, 0.4) is 0 Å². The molecule has 0 saturated carbocycles. The number of hydrogen-bond acceptors (Lipinski definition) is 4. The number of aromatic amines is 1. The van der Waals surface area contributed by atoms with Gasteiger partial charge in [0.2, 0.25) is 0 Å². The summed E-state index contributed by atoms with van der Waals surface area (Å²) in [5.74, 6) is 0. The molecule has 0 radical (unpaired) electrons. The molecular weight excluding hydrogens is 238 g/mol. The zero-order valence-corrected chi connectivity index (χ0v) is 9.81. The fourth-order valence-corrected chi connectivity index (χ4v) is 2.62. The van der Waals surface area contributed by atoms with Gasteiger partial charge in [-0.1, -0.05) is 41.7 Å². The summed E-state index contributed by atoms with van der Waals surface area (Å²) in [4.78, 5) is 12.5. The minimum absolute atomic E-state index is 0.496. The third kappa shape index (κ3) is 1.64. The van der Waals surface area contributed by atoms with E-state index in [1.807, 2.05) is 30.3 Å². The van der Waals surface area contributed by atoms with E-state index in [1.54, 1.807) is 17.5 Å². The lowest BCUT2D eigenvalue weighted by Crippen LogP contribution is -1.79. The van der Waals surface area contributed by atoms with Crippen LogP contribution in [0.5, 0.6) is 0 Å². The molecule has 1 N–H and O–H groups in total. The summed E-state index contributed by atoms with van der Waals surface area (Å²) >= 11 is 6.57. The van der Waals surface area contributed by atoms with Crippen molar-refractivity contribution in [3.05, 3.63) is 41.3 Å². The molecule has 2 heterocycles. The Balaban J connectivity index is 2.23. The Morgan fingerprint density at radius 2 is 2.00 bits per heavy atom. The van der Waals surface area contributed by atoms with Crippen LogP contribution in [0.15, 0.2) is 36.5 Å². The number of nitrogens with one attached hydrogen (secondary N) is 1. The predicted octanol–water partition coefficient (Wildman–Crippen LogP) is 3.42. The largest absolute Gasteiger partial charge is 0.321 e. The summed E-state index contributed by atoms with van der Waals surface area (Å²) in [6.45, 7) is 0. The second-order valence-electron chi connectivity index (χ2n) is 3.29. The van der Waals surface area contributed by atoms with Crippen molar-refractivity contribution in [3.63, 3.8) is 0 Å². The van der Waals surface area contributed by atoms with E-state index in [-0.39, 0.29) is 0 Å². The topological polar surface area (TPSA) is 41.6 Å². The molecule has 1 aromatic carbocycles. The molecule has 0 bridgehead atoms. The Labute approximate surface area is 101 Å². The molecule has 0 aliphatic carbocycles. The van der Waals surface area contributed by atoms with Crippen molar-refractivity contribution in [1.82, 2.24) is 15.0 Å². The molecule has 2 aromatic heterocycles. The normalized spacial score (nSPS) is 10.8. The number of H-pyrrole nitrogens is 1. The maximum Gasteiger partial charge on any atom is 0.197 e. The van der Waals surface area contributed by atoms with Gasteiger partial charge in [0.1, 0.15) is 15.4 Å². The van der Waals surface area contributed by atoms with Crippen LogP contribution < -0.4 is 0 Å². The second-order valence-corrected chi connectivity index (χ2v) is 4.67. The van der Waals surface area contributed by atoms with Gasteiger partial charge < -0.3 is 4.98 Å². The number of fused-ring (bicyclic) bond motifs is 1. The molecule has 16 heavy (non-hydrogen) atoms. The number of rotatable bonds is 1. The second kappa shape index (κ2) is 3.77. The van der Waals surface area contributed by atoms with Crippen molar-refractivity contribution < 1.29 is 0 Å². The van der Waals surface area contributed by atoms with E-state index >= 15 is 0 Å². The van der Waals surface area contributed by atoms with Crippen LogP contribution in [0.1, 0.15) is 0 Å². The number of benzene rings is 1. The molecule has 0 atom stereocenters. The lowest BCUT2D eigenvalue weighted by atomic mass is 10.2. The van der Waals surface area contributed by atoms with E-state index in [0.717, 1.165) is 20.9 Å². The van der Waals surface area contributed by atoms with E-state index in [2.05, 4.69) is 15.0 Å². The van der Waals surface area contributed by atoms with Gasteiger partial charge in [-0.2, -0.15) is 0 Å². The monoisotopic (exact) mass is 245 g/mol. The fourth-order valence-electron chi connectivity index (χ4n) is 1.46. The highest BCUT2D eigenvalue weighted by atomic mass is 32.1. The quantitative estimate of drug-likeness (QED) is 0.668. The lowest BCUT2D eigenvalue weighted by molar-refractivity contribution is 1.18. The molecule has 0 aliphatic heterocycles. The van der Waals surface area contributed by atoms with Crippen LogP contribution >= 0.6 is 23.6 Å². The summed E-state index contributed by atoms with van der Waals surface area (Å²) in [7, 11) is 0. The summed E-state index contributed by atoms with van der Waals surface area (Å²) in [5, 5.41) is 0.981. The Kier molecular flexibility index (Phi) is 2.27. The molecule has 0 unspecified atom stereocenters. The molecule has 0 saturated heterocycles. The van der Waals surface area contributed by atoms with E-state index < -0.39 is 0 Å². The van der Waals surface area contributed by atoms with E-state index in [4.69, 9.17) is 12.2 Å². The van der Waals surface area contributed by atoms with Gasteiger partial charge in [-0.25, -0.2) is 9.97 Å². The average molecular weight is 245 g/mol. The SMILES string of the molecule is S=c1ncc2nc(-c3ccccc3)sc2[nH]1. The van der Waals surface area contributed by atoms with Gasteiger partial charge in [-0.15, -0.1) is 0 Å². The van der Waals surface area contributed by atoms with Crippen molar-refractivity contribution in [2.45, 2.75) is 0 Å². The maximum absolute atomic E-state index is 4.98. The van der Waals surface area contributed by atoms with Gasteiger partial charge in [0.15, 0.2) is 4.77 Å². The molecular formula is C11H7N3S2. The number of thiazole rings is 1. The van der Waals surface area contributed by atoms with Crippen molar-refractivity contribution in [3.8, 4) is 10.6 Å². The highest BCUT2D eigenvalue weighted by molar-refractivity contribution is 7.71. The van der Waals surface area contributed by atoms with Crippen molar-refractivity contribution in [1.29, 1.82) is 0 Å². The van der Waals surface area contributed by atoms with Crippen LogP contribution in [-0.4, -0.2) is 15.0 Å². The Morgan fingerprint density at radius 1 is 1.19 bits per heavy atom. The first-order valence-electron chi connectivity index (χ1n) is 4.74. The van der Waals surface area contributed by atoms with E-state index in [0.29, 0.717) is 4.77 Å². The van der Waals surface area contributed by atoms with Crippen LogP contribution in [0.2, 0.25) is 0 Å². The summed E-state index contributed by atoms with van der Waals surface area (Å²) < 4.78 is 0.496. The van der Waals surface area contributed by atoms with E-state index in [1.165, 1.54) is 0 Å². The molecule has 3 nitrogen and oxygen atoms in total. The first kappa shape index (κ1) is 9.62. The molecule has 0 spiro atoms. The van der Waals surface area contributed by atoms with Gasteiger partial charge >= 0.3 is 0 Å². The minimum Gasteiger partial charge on any atom is -0.321 e. The first-order chi connectivity index (χ1) is 7.83. The highest BCUT2D eigenvalue weighted by Gasteiger charge is 2.05. The molecule has 5 heteroatoms. The number of nitrogens with zero attached hydrogens (tertiary/aromatic N) is 2. The van der Waals surface area contributed by atoms with Crippen LogP contribution in [0, 0.1) is 4.77 Å². The summed E-state index contributed by atoms with van der Waals surface area (Å²) in [6.07, 6.45) is 1.71. The minimum atomic E-state index is 0.496. The fraction of sp³-hybridized carbons (Fsp3) is 0. The first-order valence-corrected chi connectivity index (χ1v) is 5.97. The summed E-state index contributed by atoms with van der Waals surface area (Å²) in [5.41, 5.74) is 1.97. The Bertz CT molecular complexity index is 685. The predicted molar refractivity (Wildman–Crippen MR) is 68.0 cm³/mol. The van der Waals surface area contributed by atoms with Crippen LogP contribution in [0.25, 0.3) is 20.9 Å². The highest BCUT2D eigenvalue weighted by Crippen LogP contribution is 2.27. The van der Waals surface area contributed by atoms with Gasteiger partial charge in [0, 0.05) is 5.56 Å². The van der Waals surface area contributed by atoms with Gasteiger partial charge in [0.05, 0.1) is 6.20 Å². The third-order valence-corrected chi connectivity index (χ3v) is 3.44. The van der Waals surface area contributed by atoms with Gasteiger partial charge in [0.25, 0.3) is 0 Å². The van der Waals surface area contributed by atoms with Crippen LogP contribution in [0.4, 0.5) is 0 Å². The number of aromatic nitrogens is 3. The lowest BCUT2D eigenvalue weighted by Gasteiger charge is -1.91. The number of hydrogen-bond donors (Lipinski definition) is 1. The molecule has 78 valence electrons. The van der Waals surface area contributed by atoms with Crippen LogP contribution in [-0.2, 0) is 0 Å². The molecule has 3 aromatic rings. The maximum atomic E-state index is 4.98. The molecule has 3 rings (SSSR count). The van der Waals surface area contributed by atoms with E-state index in [9.17, 15) is 0 Å². The van der Waals surface area contributed by atoms with Crippen molar-refractivity contribution in [2.24, 2.45) is 0 Å². The smallest absolute Gasteiger partial charge is 0.197 e. The van der Waals surface area contributed by atoms with Crippen molar-refractivity contribution >= 4 is 33.9 Å². The Hall–Kier alpha value is -1.59. The zero-order chi connectivity index (χ0) is 11.0. The summed E-state index contributed by atoms with van der Waals surface area (Å²) in [6, 6.07) is 10.1. The third-order valence-electron chi connectivity index (χ3n) is 2.20. The van der Waals surface area contributed by atoms with Gasteiger partial charge in [-0.05, 0) is 12.2 Å². The standard InChI is InChI=1S/C11H7N3S2/c15-11-12-6-8-10(14-11)16-9(13-8)7-4-2-1-3-5-7/h1-6H,(H,12,14,15). The molecule has 0 amide bonds. The molecule has 0 aliphatic rings. The molecule has 0 fully saturated rings. The van der Waals surface area contributed by atoms with Gasteiger partial charge in [-0.3, -0.25) is 0 Å². The van der Waals surface area contributed by atoms with Crippen molar-refractivity contribution in [2.75, 3.05) is 0 Å².